The van der Waals surface area contributed by atoms with Gasteiger partial charge in [-0.05, 0) is 29.7 Å². The largest absolute Gasteiger partial charge is 0.595 e. The molecule has 38 heavy (non-hydrogen) atoms. The normalized spacial score (nSPS) is 11.7. The van der Waals surface area contributed by atoms with Gasteiger partial charge in [-0.3, -0.25) is 9.59 Å². The van der Waals surface area contributed by atoms with E-state index in [0.717, 1.165) is 17.7 Å². The number of carboxylic acid groups (broad SMARTS) is 1. The summed E-state index contributed by atoms with van der Waals surface area (Å²) in [5, 5.41) is 31.2. The maximum atomic E-state index is 12.6. The van der Waals surface area contributed by atoms with E-state index in [0.29, 0.717) is 23.2 Å². The second-order valence-electron chi connectivity index (χ2n) is 9.61. The van der Waals surface area contributed by atoms with Gasteiger partial charge >= 0.3 is 11.9 Å². The number of aliphatic carboxylic acids is 1. The van der Waals surface area contributed by atoms with E-state index < -0.39 is 17.1 Å². The molecular formula is C29H41N3O6. The van der Waals surface area contributed by atoms with Crippen molar-refractivity contribution >= 4 is 23.5 Å². The van der Waals surface area contributed by atoms with Crippen LogP contribution in [-0.4, -0.2) is 39.5 Å². The van der Waals surface area contributed by atoms with Crippen molar-refractivity contribution in [1.29, 1.82) is 0 Å². The fourth-order valence-electron chi connectivity index (χ4n) is 4.26. The Labute approximate surface area is 225 Å². The first-order valence-electron chi connectivity index (χ1n) is 13.5. The molecule has 0 aliphatic carbocycles. The topological polar surface area (TPSA) is 134 Å². The molecule has 0 saturated carbocycles. The first kappa shape index (κ1) is 31.0. The fourth-order valence-corrected chi connectivity index (χ4v) is 4.26. The molecule has 9 nitrogen and oxygen atoms in total. The number of amides is 2. The third-order valence-electron chi connectivity index (χ3n) is 6.42. The highest BCUT2D eigenvalue weighted by molar-refractivity contribution is 6.31. The number of nitrogens with zero attached hydrogens (tertiary/aromatic N) is 1. The molecule has 0 bridgehead atoms. The van der Waals surface area contributed by atoms with Crippen molar-refractivity contribution in [3.05, 3.63) is 70.4 Å². The molecule has 0 radical (unpaired) electrons. The van der Waals surface area contributed by atoms with E-state index in [-0.39, 0.29) is 24.7 Å². The molecule has 0 aliphatic rings. The number of benzene rings is 2. The molecule has 1 unspecified atom stereocenters. The maximum absolute atomic E-state index is 12.6. The van der Waals surface area contributed by atoms with Crippen LogP contribution in [0.4, 0.5) is 5.69 Å². The Kier molecular flexibility index (Phi) is 14.1. The van der Waals surface area contributed by atoms with Crippen molar-refractivity contribution in [1.82, 2.24) is 10.2 Å². The predicted molar refractivity (Wildman–Crippen MR) is 145 cm³/mol. The number of carbonyl (C=O) groups is 3. The van der Waals surface area contributed by atoms with Gasteiger partial charge in [0.15, 0.2) is 5.69 Å². The van der Waals surface area contributed by atoms with Gasteiger partial charge in [0.05, 0.1) is 0 Å². The van der Waals surface area contributed by atoms with Crippen LogP contribution < -0.4 is 10.5 Å². The summed E-state index contributed by atoms with van der Waals surface area (Å²) in [6.07, 6.45) is 12.2. The lowest BCUT2D eigenvalue weighted by atomic mass is 10.1. The van der Waals surface area contributed by atoms with Crippen molar-refractivity contribution in [2.75, 3.05) is 6.54 Å². The number of carboxylic acids is 1. The van der Waals surface area contributed by atoms with Crippen LogP contribution in [0.25, 0.3) is 0 Å². The molecule has 2 rings (SSSR count). The van der Waals surface area contributed by atoms with E-state index in [1.54, 1.807) is 36.4 Å². The van der Waals surface area contributed by atoms with Gasteiger partial charge in [0.25, 0.3) is 5.91 Å². The summed E-state index contributed by atoms with van der Waals surface area (Å²) in [7, 11) is 0. The Morgan fingerprint density at radius 1 is 0.842 bits per heavy atom. The number of rotatable bonds is 17. The number of hydrogen-bond donors (Lipinski definition) is 4. The lowest BCUT2D eigenvalue weighted by Crippen LogP contribution is -2.99. The highest BCUT2D eigenvalue weighted by Gasteiger charge is 2.22. The van der Waals surface area contributed by atoms with Gasteiger partial charge in [0.2, 0.25) is 0 Å². The minimum Gasteiger partial charge on any atom is -0.595 e. The van der Waals surface area contributed by atoms with Crippen molar-refractivity contribution in [2.24, 2.45) is 0 Å². The van der Waals surface area contributed by atoms with E-state index in [1.807, 2.05) is 0 Å². The monoisotopic (exact) mass is 527 g/mol. The quantitative estimate of drug-likeness (QED) is 0.137. The van der Waals surface area contributed by atoms with Crippen LogP contribution in [0.15, 0.2) is 48.5 Å². The zero-order valence-electron chi connectivity index (χ0n) is 22.3. The van der Waals surface area contributed by atoms with Gasteiger partial charge in [0, 0.05) is 37.3 Å². The van der Waals surface area contributed by atoms with Crippen LogP contribution >= 0.6 is 0 Å². The van der Waals surface area contributed by atoms with Crippen LogP contribution in [0.3, 0.4) is 0 Å². The molecule has 2 aromatic carbocycles. The number of nitrogens with one attached hydrogen (secondary N) is 2. The zero-order chi connectivity index (χ0) is 27.8. The van der Waals surface area contributed by atoms with Crippen molar-refractivity contribution < 1.29 is 29.9 Å². The summed E-state index contributed by atoms with van der Waals surface area (Å²) >= 11 is 0. The van der Waals surface area contributed by atoms with E-state index in [4.69, 9.17) is 5.21 Å². The summed E-state index contributed by atoms with van der Waals surface area (Å²) < 4.78 is 0. The highest BCUT2D eigenvalue weighted by Crippen LogP contribution is 2.15. The first-order chi connectivity index (χ1) is 18.3. The molecule has 0 saturated heterocycles. The lowest BCUT2D eigenvalue weighted by molar-refractivity contribution is -0.991. The summed E-state index contributed by atoms with van der Waals surface area (Å²) in [6.45, 7) is 2.80. The second kappa shape index (κ2) is 17.3. The van der Waals surface area contributed by atoms with Crippen molar-refractivity contribution in [3.8, 4) is 0 Å². The van der Waals surface area contributed by atoms with E-state index in [2.05, 4.69) is 12.2 Å². The van der Waals surface area contributed by atoms with Crippen molar-refractivity contribution in [2.45, 2.75) is 84.2 Å². The molecule has 9 heteroatoms. The molecule has 208 valence electrons. The molecule has 1 atom stereocenters. The van der Waals surface area contributed by atoms with Gasteiger partial charge in [-0.15, -0.1) is 0 Å². The summed E-state index contributed by atoms with van der Waals surface area (Å²) in [5.74, 6) is -2.87. The van der Waals surface area contributed by atoms with Crippen molar-refractivity contribution in [3.63, 3.8) is 0 Å². The molecule has 0 heterocycles. The molecule has 0 fully saturated rings. The third kappa shape index (κ3) is 11.4. The number of unbranched alkanes of at least 4 members (excludes halogenated alkanes) is 9. The zero-order valence-corrected chi connectivity index (χ0v) is 22.3. The van der Waals surface area contributed by atoms with Crippen LogP contribution in [0, 0.1) is 5.21 Å². The van der Waals surface area contributed by atoms with E-state index in [9.17, 15) is 24.7 Å². The maximum Gasteiger partial charge on any atom is 0.394 e. The predicted octanol–water partition coefficient (Wildman–Crippen LogP) is 4.35. The summed E-state index contributed by atoms with van der Waals surface area (Å²) in [5.41, 5.74) is 1.76. The Hall–Kier alpha value is -3.27. The average molecular weight is 528 g/mol. The van der Waals surface area contributed by atoms with Gasteiger partial charge in [0.1, 0.15) is 0 Å². The van der Waals surface area contributed by atoms with Gasteiger partial charge in [-0.25, -0.2) is 10.0 Å². The molecular weight excluding hydrogens is 486 g/mol. The Morgan fingerprint density at radius 3 is 2.00 bits per heavy atom. The van der Waals surface area contributed by atoms with Crippen LogP contribution in [0.5, 0.6) is 0 Å². The molecule has 2 amide bonds. The number of carbonyl (C=O) groups excluding carboxylic acids is 2. The fraction of sp³-hybridized carbons (Fsp3) is 0.483. The van der Waals surface area contributed by atoms with Gasteiger partial charge in [-0.1, -0.05) is 89.0 Å². The molecule has 2 aromatic rings. The van der Waals surface area contributed by atoms with Crippen LogP contribution in [0.1, 0.15) is 92.6 Å². The van der Waals surface area contributed by atoms with E-state index in [1.165, 1.54) is 63.5 Å². The molecule has 0 aromatic heterocycles. The van der Waals surface area contributed by atoms with E-state index >= 15 is 0 Å². The standard InChI is InChI=1S/C29H41N3O6/c1-2-3-4-5-6-7-8-9-10-11-19-30-27(33)25-14-12-13-24(20-25)22-31(28(34)29(35)36)21-23-15-17-26(18-16-23)32(37)38/h12-18,20,32,37H,2-11,19,21-22H2,1H3,(H,30,33)(H,35,36). The molecule has 0 aliphatic heterocycles. The van der Waals surface area contributed by atoms with Crippen LogP contribution in [-0.2, 0) is 22.7 Å². The molecule has 0 spiro atoms. The Balaban J connectivity index is 1.84. The van der Waals surface area contributed by atoms with Gasteiger partial charge < -0.3 is 20.5 Å². The number of hydrogen-bond acceptors (Lipinski definition) is 5. The SMILES string of the molecule is CCCCCCCCCCCCNC(=O)c1cccc(CN(Cc2ccc([NH+]([O-])O)cc2)C(=O)C(=O)O)c1. The Bertz CT molecular complexity index is 1010. The van der Waals surface area contributed by atoms with Gasteiger partial charge in [-0.2, -0.15) is 5.23 Å². The smallest absolute Gasteiger partial charge is 0.394 e. The van der Waals surface area contributed by atoms with Crippen LogP contribution in [0.2, 0.25) is 0 Å². The third-order valence-corrected chi connectivity index (χ3v) is 6.42. The minimum absolute atomic E-state index is 0.00855. The summed E-state index contributed by atoms with van der Waals surface area (Å²) in [4.78, 5) is 37.5. The first-order valence-corrected chi connectivity index (χ1v) is 13.5. The minimum atomic E-state index is -1.59. The second-order valence-corrected chi connectivity index (χ2v) is 9.61. The lowest BCUT2D eigenvalue weighted by Gasteiger charge is -2.21. The highest BCUT2D eigenvalue weighted by atomic mass is 16.8. The Morgan fingerprint density at radius 2 is 1.42 bits per heavy atom. The molecule has 4 N–H and O–H groups in total. The summed E-state index contributed by atoms with van der Waals surface area (Å²) in [6, 6.07) is 12.7. The number of quaternary nitrogens is 1. The average Bonchev–Trinajstić information content (AvgIpc) is 2.91.